The molecule has 6 heteroatoms. The summed E-state index contributed by atoms with van der Waals surface area (Å²) in [6.45, 7) is 5.17. The normalized spacial score (nSPS) is 13.9. The van der Waals surface area contributed by atoms with Gasteiger partial charge in [-0.05, 0) is 53.8 Å². The van der Waals surface area contributed by atoms with Crippen molar-refractivity contribution in [1.82, 2.24) is 0 Å². The lowest BCUT2D eigenvalue weighted by atomic mass is 9.98. The predicted octanol–water partition coefficient (Wildman–Crippen LogP) is 4.53. The number of carbonyl (C=O) groups is 1. The molecular formula is C23H24N2O4. The maximum atomic E-state index is 12.6. The zero-order valence-electron chi connectivity index (χ0n) is 16.8. The number of carbonyl (C=O) groups excluding carboxylic acids is 1. The van der Waals surface area contributed by atoms with E-state index in [1.165, 1.54) is 18.7 Å². The third-order valence-electron chi connectivity index (χ3n) is 4.88. The van der Waals surface area contributed by atoms with Gasteiger partial charge in [-0.1, -0.05) is 26.0 Å². The number of hydrogen-bond donors (Lipinski definition) is 1. The summed E-state index contributed by atoms with van der Waals surface area (Å²) in [6.07, 6.45) is 2.55. The number of benzene rings is 2. The number of ether oxygens (including phenoxy) is 3. The monoisotopic (exact) mass is 392 g/mol. The fraction of sp³-hybridized carbons (Fsp3) is 0.304. The standard InChI is InChI=1S/C23H24N2O4/c1-4-15(2)17-5-7-19(8-6-17)25-23(26)18(14-24)11-16-12-20(27-3)22-21(13-16)28-9-10-29-22/h5-8,11-13,15H,4,9-10H2,1-3H3,(H,25,26)/b18-11+/t15-/m1/s1. The zero-order chi connectivity index (χ0) is 20.8. The van der Waals surface area contributed by atoms with E-state index in [9.17, 15) is 10.1 Å². The van der Waals surface area contributed by atoms with Crippen LogP contribution in [0.5, 0.6) is 17.2 Å². The van der Waals surface area contributed by atoms with Gasteiger partial charge in [0.2, 0.25) is 5.75 Å². The smallest absolute Gasteiger partial charge is 0.266 e. The number of hydrogen-bond acceptors (Lipinski definition) is 5. The number of anilines is 1. The molecule has 1 N–H and O–H groups in total. The van der Waals surface area contributed by atoms with E-state index >= 15 is 0 Å². The lowest BCUT2D eigenvalue weighted by Gasteiger charge is -2.21. The first-order valence-corrected chi connectivity index (χ1v) is 9.56. The number of rotatable bonds is 6. The summed E-state index contributed by atoms with van der Waals surface area (Å²) in [5, 5.41) is 12.3. The van der Waals surface area contributed by atoms with Crippen molar-refractivity contribution in [2.45, 2.75) is 26.2 Å². The molecule has 0 fully saturated rings. The van der Waals surface area contributed by atoms with Gasteiger partial charge in [-0.15, -0.1) is 0 Å². The molecule has 0 bridgehead atoms. The number of amides is 1. The zero-order valence-corrected chi connectivity index (χ0v) is 16.8. The van der Waals surface area contributed by atoms with E-state index in [4.69, 9.17) is 14.2 Å². The van der Waals surface area contributed by atoms with Crippen LogP contribution in [0.25, 0.3) is 6.08 Å². The second kappa shape index (κ2) is 9.16. The molecule has 2 aromatic rings. The maximum Gasteiger partial charge on any atom is 0.266 e. The molecule has 0 aliphatic carbocycles. The van der Waals surface area contributed by atoms with Crippen molar-refractivity contribution in [2.75, 3.05) is 25.6 Å². The van der Waals surface area contributed by atoms with E-state index in [1.54, 1.807) is 12.1 Å². The summed E-state index contributed by atoms with van der Waals surface area (Å²) in [5.41, 5.74) is 2.45. The Balaban J connectivity index is 1.81. The number of nitriles is 1. The van der Waals surface area contributed by atoms with Crippen molar-refractivity contribution < 1.29 is 19.0 Å². The highest BCUT2D eigenvalue weighted by Crippen LogP contribution is 2.40. The van der Waals surface area contributed by atoms with Crippen LogP contribution in [-0.4, -0.2) is 26.2 Å². The Kier molecular flexibility index (Phi) is 6.40. The van der Waals surface area contributed by atoms with Gasteiger partial charge < -0.3 is 19.5 Å². The van der Waals surface area contributed by atoms with E-state index < -0.39 is 5.91 Å². The van der Waals surface area contributed by atoms with E-state index in [0.717, 1.165) is 6.42 Å². The minimum absolute atomic E-state index is 0.0188. The van der Waals surface area contributed by atoms with Crippen LogP contribution in [0.4, 0.5) is 5.69 Å². The molecule has 0 aromatic heterocycles. The van der Waals surface area contributed by atoms with Gasteiger partial charge in [0.1, 0.15) is 24.9 Å². The number of fused-ring (bicyclic) bond motifs is 1. The summed E-state index contributed by atoms with van der Waals surface area (Å²) >= 11 is 0. The van der Waals surface area contributed by atoms with Crippen LogP contribution in [0.2, 0.25) is 0 Å². The molecule has 1 heterocycles. The molecule has 1 aliphatic heterocycles. The Hall–Kier alpha value is -3.46. The molecule has 6 nitrogen and oxygen atoms in total. The van der Waals surface area contributed by atoms with Crippen LogP contribution >= 0.6 is 0 Å². The van der Waals surface area contributed by atoms with Gasteiger partial charge in [-0.2, -0.15) is 5.26 Å². The van der Waals surface area contributed by atoms with Gasteiger partial charge in [0.25, 0.3) is 5.91 Å². The summed E-state index contributed by atoms with van der Waals surface area (Å²) in [6, 6.07) is 13.1. The summed E-state index contributed by atoms with van der Waals surface area (Å²) in [5.74, 6) is 1.53. The molecule has 3 rings (SSSR count). The van der Waals surface area contributed by atoms with Crippen LogP contribution in [0.15, 0.2) is 42.0 Å². The van der Waals surface area contributed by atoms with E-state index in [0.29, 0.717) is 47.6 Å². The number of nitrogens with one attached hydrogen (secondary N) is 1. The Morgan fingerprint density at radius 1 is 1.28 bits per heavy atom. The molecule has 1 amide bonds. The molecule has 1 aliphatic rings. The van der Waals surface area contributed by atoms with Gasteiger partial charge in [0, 0.05) is 5.69 Å². The van der Waals surface area contributed by atoms with E-state index in [2.05, 4.69) is 19.2 Å². The molecule has 2 aromatic carbocycles. The molecule has 0 radical (unpaired) electrons. The number of nitrogens with zero attached hydrogens (tertiary/aromatic N) is 1. The highest BCUT2D eigenvalue weighted by Gasteiger charge is 2.19. The molecular weight excluding hydrogens is 368 g/mol. The van der Waals surface area contributed by atoms with Crippen molar-refractivity contribution in [3.8, 4) is 23.3 Å². The van der Waals surface area contributed by atoms with Gasteiger partial charge in [0.15, 0.2) is 11.5 Å². The molecule has 0 saturated heterocycles. The molecule has 0 unspecified atom stereocenters. The Bertz CT molecular complexity index is 941. The number of methoxy groups -OCH3 is 1. The highest BCUT2D eigenvalue weighted by molar-refractivity contribution is 6.09. The molecule has 0 spiro atoms. The van der Waals surface area contributed by atoms with Crippen molar-refractivity contribution in [2.24, 2.45) is 0 Å². The van der Waals surface area contributed by atoms with Crippen LogP contribution in [-0.2, 0) is 4.79 Å². The van der Waals surface area contributed by atoms with Crippen LogP contribution in [0.1, 0.15) is 37.3 Å². The minimum atomic E-state index is -0.474. The average Bonchev–Trinajstić information content (AvgIpc) is 2.76. The lowest BCUT2D eigenvalue weighted by Crippen LogP contribution is -2.16. The highest BCUT2D eigenvalue weighted by atomic mass is 16.6. The summed E-state index contributed by atoms with van der Waals surface area (Å²) in [4.78, 5) is 12.6. The second-order valence-electron chi connectivity index (χ2n) is 6.80. The predicted molar refractivity (Wildman–Crippen MR) is 111 cm³/mol. The largest absolute Gasteiger partial charge is 0.493 e. The lowest BCUT2D eigenvalue weighted by molar-refractivity contribution is -0.112. The first-order chi connectivity index (χ1) is 14.0. The van der Waals surface area contributed by atoms with Crippen LogP contribution < -0.4 is 19.5 Å². The van der Waals surface area contributed by atoms with Crippen molar-refractivity contribution in [3.05, 3.63) is 53.1 Å². The topological polar surface area (TPSA) is 80.6 Å². The quantitative estimate of drug-likeness (QED) is 0.577. The Morgan fingerprint density at radius 2 is 2.00 bits per heavy atom. The third-order valence-corrected chi connectivity index (χ3v) is 4.88. The van der Waals surface area contributed by atoms with Gasteiger partial charge >= 0.3 is 0 Å². The molecule has 1 atom stereocenters. The summed E-state index contributed by atoms with van der Waals surface area (Å²) < 4.78 is 16.5. The fourth-order valence-corrected chi connectivity index (χ4v) is 3.02. The van der Waals surface area contributed by atoms with Crippen LogP contribution in [0, 0.1) is 11.3 Å². The SMILES string of the molecule is CC[C@@H](C)c1ccc(NC(=O)/C(C#N)=C/c2cc(OC)c3c(c2)OCCO3)cc1. The Labute approximate surface area is 170 Å². The van der Waals surface area contributed by atoms with Crippen molar-refractivity contribution in [3.63, 3.8) is 0 Å². The first kappa shape index (κ1) is 20.3. The van der Waals surface area contributed by atoms with E-state index in [-0.39, 0.29) is 5.57 Å². The summed E-state index contributed by atoms with van der Waals surface area (Å²) in [7, 11) is 1.53. The van der Waals surface area contributed by atoms with Crippen LogP contribution in [0.3, 0.4) is 0 Å². The molecule has 0 saturated carbocycles. The van der Waals surface area contributed by atoms with Crippen molar-refractivity contribution >= 4 is 17.7 Å². The molecule has 150 valence electrons. The van der Waals surface area contributed by atoms with Gasteiger partial charge in [0.05, 0.1) is 7.11 Å². The Morgan fingerprint density at radius 3 is 2.66 bits per heavy atom. The second-order valence-corrected chi connectivity index (χ2v) is 6.80. The fourth-order valence-electron chi connectivity index (χ4n) is 3.02. The maximum absolute atomic E-state index is 12.6. The van der Waals surface area contributed by atoms with Gasteiger partial charge in [-0.25, -0.2) is 0 Å². The first-order valence-electron chi connectivity index (χ1n) is 9.56. The average molecular weight is 392 g/mol. The van der Waals surface area contributed by atoms with Crippen molar-refractivity contribution in [1.29, 1.82) is 5.26 Å². The van der Waals surface area contributed by atoms with E-state index in [1.807, 2.05) is 30.3 Å². The minimum Gasteiger partial charge on any atom is -0.493 e. The molecule has 29 heavy (non-hydrogen) atoms. The van der Waals surface area contributed by atoms with Gasteiger partial charge in [-0.3, -0.25) is 4.79 Å². The third kappa shape index (κ3) is 4.69.